The van der Waals surface area contributed by atoms with Crippen molar-refractivity contribution in [2.75, 3.05) is 31.1 Å². The first-order chi connectivity index (χ1) is 9.33. The molecule has 3 heterocycles. The van der Waals surface area contributed by atoms with Gasteiger partial charge in [-0.25, -0.2) is 9.97 Å². The number of nitrogens with zero attached hydrogens (tertiary/aromatic N) is 4. The number of thiazole rings is 1. The first kappa shape index (κ1) is 12.8. The number of pyridine rings is 1. The van der Waals surface area contributed by atoms with Crippen LogP contribution in [0.1, 0.15) is 5.01 Å². The SMILES string of the molecule is Clc1cccnc1N1CCN(Cc2nccs2)CC1. The fourth-order valence-corrected chi connectivity index (χ4v) is 3.15. The smallest absolute Gasteiger partial charge is 0.147 e. The maximum Gasteiger partial charge on any atom is 0.147 e. The number of piperazine rings is 1. The third-order valence-electron chi connectivity index (χ3n) is 3.25. The summed E-state index contributed by atoms with van der Waals surface area (Å²) in [5, 5.41) is 3.94. The molecule has 0 bridgehead atoms. The fourth-order valence-electron chi connectivity index (χ4n) is 2.25. The summed E-state index contributed by atoms with van der Waals surface area (Å²) in [7, 11) is 0. The van der Waals surface area contributed by atoms with Crippen molar-refractivity contribution >= 4 is 28.8 Å². The molecule has 1 fully saturated rings. The van der Waals surface area contributed by atoms with Gasteiger partial charge in [0.2, 0.25) is 0 Å². The van der Waals surface area contributed by atoms with E-state index in [0.29, 0.717) is 0 Å². The molecule has 0 N–H and O–H groups in total. The highest BCUT2D eigenvalue weighted by molar-refractivity contribution is 7.09. The Morgan fingerprint density at radius 3 is 2.68 bits per heavy atom. The van der Waals surface area contributed by atoms with Crippen LogP contribution in [-0.2, 0) is 6.54 Å². The van der Waals surface area contributed by atoms with Gasteiger partial charge in [0.25, 0.3) is 0 Å². The van der Waals surface area contributed by atoms with E-state index in [1.165, 1.54) is 5.01 Å². The quantitative estimate of drug-likeness (QED) is 0.871. The molecule has 3 rings (SSSR count). The monoisotopic (exact) mass is 294 g/mol. The van der Waals surface area contributed by atoms with Gasteiger partial charge in [-0.15, -0.1) is 11.3 Å². The lowest BCUT2D eigenvalue weighted by Crippen LogP contribution is -2.46. The average Bonchev–Trinajstić information content (AvgIpc) is 2.93. The molecule has 0 atom stereocenters. The van der Waals surface area contributed by atoms with Gasteiger partial charge < -0.3 is 4.90 Å². The minimum absolute atomic E-state index is 0.732. The van der Waals surface area contributed by atoms with Crippen LogP contribution >= 0.6 is 22.9 Å². The van der Waals surface area contributed by atoms with Gasteiger partial charge in [-0.05, 0) is 12.1 Å². The summed E-state index contributed by atoms with van der Waals surface area (Å²) >= 11 is 7.90. The summed E-state index contributed by atoms with van der Waals surface area (Å²) in [4.78, 5) is 13.4. The van der Waals surface area contributed by atoms with Crippen molar-refractivity contribution in [3.8, 4) is 0 Å². The Morgan fingerprint density at radius 1 is 1.16 bits per heavy atom. The van der Waals surface area contributed by atoms with Crippen molar-refractivity contribution in [3.05, 3.63) is 39.9 Å². The van der Waals surface area contributed by atoms with Crippen LogP contribution in [0, 0.1) is 0 Å². The second-order valence-electron chi connectivity index (χ2n) is 4.50. The molecule has 19 heavy (non-hydrogen) atoms. The summed E-state index contributed by atoms with van der Waals surface area (Å²) < 4.78 is 0. The molecule has 0 aliphatic carbocycles. The van der Waals surface area contributed by atoms with Crippen LogP contribution in [0.25, 0.3) is 0 Å². The predicted molar refractivity (Wildman–Crippen MR) is 78.9 cm³/mol. The highest BCUT2D eigenvalue weighted by Gasteiger charge is 2.20. The van der Waals surface area contributed by atoms with E-state index >= 15 is 0 Å². The van der Waals surface area contributed by atoms with Crippen molar-refractivity contribution in [2.45, 2.75) is 6.54 Å². The number of aromatic nitrogens is 2. The van der Waals surface area contributed by atoms with Crippen LogP contribution in [-0.4, -0.2) is 41.0 Å². The Kier molecular flexibility index (Phi) is 3.96. The lowest BCUT2D eigenvalue weighted by atomic mass is 10.3. The molecule has 2 aromatic heterocycles. The molecule has 1 aliphatic rings. The molecule has 0 unspecified atom stereocenters. The molecular weight excluding hydrogens is 280 g/mol. The maximum absolute atomic E-state index is 6.18. The molecule has 6 heteroatoms. The Balaban J connectivity index is 1.59. The number of hydrogen-bond donors (Lipinski definition) is 0. The van der Waals surface area contributed by atoms with Crippen LogP contribution in [0.2, 0.25) is 5.02 Å². The predicted octanol–water partition coefficient (Wildman–Crippen LogP) is 2.51. The van der Waals surface area contributed by atoms with Crippen molar-refractivity contribution in [1.82, 2.24) is 14.9 Å². The van der Waals surface area contributed by atoms with Crippen LogP contribution in [0.15, 0.2) is 29.9 Å². The molecule has 4 nitrogen and oxygen atoms in total. The summed E-state index contributed by atoms with van der Waals surface area (Å²) in [5.74, 6) is 0.901. The first-order valence-corrected chi connectivity index (χ1v) is 7.55. The minimum Gasteiger partial charge on any atom is -0.353 e. The van der Waals surface area contributed by atoms with Crippen molar-refractivity contribution in [2.24, 2.45) is 0 Å². The summed E-state index contributed by atoms with van der Waals surface area (Å²) in [5.41, 5.74) is 0. The van der Waals surface area contributed by atoms with Gasteiger partial charge in [0, 0.05) is 44.0 Å². The number of halogens is 1. The third-order valence-corrected chi connectivity index (χ3v) is 4.31. The van der Waals surface area contributed by atoms with Crippen LogP contribution < -0.4 is 4.90 Å². The van der Waals surface area contributed by atoms with Gasteiger partial charge in [0.15, 0.2) is 0 Å². The van der Waals surface area contributed by atoms with Gasteiger partial charge in [0.05, 0.1) is 11.6 Å². The highest BCUT2D eigenvalue weighted by atomic mass is 35.5. The molecule has 0 spiro atoms. The summed E-state index contributed by atoms with van der Waals surface area (Å²) in [6, 6.07) is 3.76. The molecule has 0 aromatic carbocycles. The molecule has 1 saturated heterocycles. The largest absolute Gasteiger partial charge is 0.353 e. The topological polar surface area (TPSA) is 32.3 Å². The zero-order valence-electron chi connectivity index (χ0n) is 10.5. The van der Waals surface area contributed by atoms with E-state index in [9.17, 15) is 0 Å². The van der Waals surface area contributed by atoms with Crippen molar-refractivity contribution in [3.63, 3.8) is 0 Å². The second kappa shape index (κ2) is 5.86. The van der Waals surface area contributed by atoms with E-state index in [4.69, 9.17) is 11.6 Å². The lowest BCUT2D eigenvalue weighted by Gasteiger charge is -2.35. The fraction of sp³-hybridized carbons (Fsp3) is 0.385. The van der Waals surface area contributed by atoms with Crippen LogP contribution in [0.4, 0.5) is 5.82 Å². The van der Waals surface area contributed by atoms with E-state index in [1.54, 1.807) is 17.5 Å². The lowest BCUT2D eigenvalue weighted by molar-refractivity contribution is 0.249. The molecule has 0 radical (unpaired) electrons. The van der Waals surface area contributed by atoms with Gasteiger partial charge in [-0.2, -0.15) is 0 Å². The van der Waals surface area contributed by atoms with Crippen LogP contribution in [0.3, 0.4) is 0 Å². The van der Waals surface area contributed by atoms with E-state index < -0.39 is 0 Å². The highest BCUT2D eigenvalue weighted by Crippen LogP contribution is 2.23. The second-order valence-corrected chi connectivity index (χ2v) is 5.88. The zero-order valence-corrected chi connectivity index (χ0v) is 12.1. The number of anilines is 1. The Bertz CT molecular complexity index is 523. The van der Waals surface area contributed by atoms with Crippen molar-refractivity contribution < 1.29 is 0 Å². The minimum atomic E-state index is 0.732. The van der Waals surface area contributed by atoms with Gasteiger partial charge in [0.1, 0.15) is 10.8 Å². The van der Waals surface area contributed by atoms with E-state index in [-0.39, 0.29) is 0 Å². The molecule has 0 saturated carbocycles. The maximum atomic E-state index is 6.18. The van der Waals surface area contributed by atoms with E-state index in [2.05, 4.69) is 19.8 Å². The normalized spacial score (nSPS) is 16.8. The molecule has 1 aliphatic heterocycles. The first-order valence-electron chi connectivity index (χ1n) is 6.29. The number of hydrogen-bond acceptors (Lipinski definition) is 5. The van der Waals surface area contributed by atoms with Crippen molar-refractivity contribution in [1.29, 1.82) is 0 Å². The van der Waals surface area contributed by atoms with E-state index in [1.807, 2.05) is 23.7 Å². The Labute approximate surface area is 121 Å². The zero-order chi connectivity index (χ0) is 13.1. The van der Waals surface area contributed by atoms with Gasteiger partial charge >= 0.3 is 0 Å². The van der Waals surface area contributed by atoms with E-state index in [0.717, 1.165) is 43.6 Å². The Hall–Kier alpha value is -1.17. The molecule has 0 amide bonds. The number of rotatable bonds is 3. The van der Waals surface area contributed by atoms with Gasteiger partial charge in [-0.3, -0.25) is 4.90 Å². The third kappa shape index (κ3) is 3.05. The average molecular weight is 295 g/mol. The summed E-state index contributed by atoms with van der Waals surface area (Å²) in [6.07, 6.45) is 3.66. The summed E-state index contributed by atoms with van der Waals surface area (Å²) in [6.45, 7) is 4.91. The molecular formula is C13H15ClN4S. The van der Waals surface area contributed by atoms with Crippen LogP contribution in [0.5, 0.6) is 0 Å². The molecule has 100 valence electrons. The Morgan fingerprint density at radius 2 is 2.00 bits per heavy atom. The standard InChI is InChI=1S/C13H15ClN4S/c14-11-2-1-3-16-13(11)18-7-5-17(6-8-18)10-12-15-4-9-19-12/h1-4,9H,5-8,10H2. The molecule has 2 aromatic rings. The van der Waals surface area contributed by atoms with Gasteiger partial charge in [-0.1, -0.05) is 11.6 Å².